The minimum Gasteiger partial charge on any atom is -0.330 e. The van der Waals surface area contributed by atoms with E-state index in [4.69, 9.17) is 5.73 Å². The maximum atomic E-state index is 6.38. The van der Waals surface area contributed by atoms with Gasteiger partial charge in [-0.05, 0) is 49.3 Å². The Balaban J connectivity index is 2.59. The van der Waals surface area contributed by atoms with Gasteiger partial charge in [0.1, 0.15) is 0 Å². The van der Waals surface area contributed by atoms with E-state index in [0.29, 0.717) is 12.5 Å². The lowest BCUT2D eigenvalue weighted by atomic mass is 9.66. The fraction of sp³-hybridized carbons (Fsp3) is 0.500. The zero-order valence-corrected chi connectivity index (χ0v) is 14.5. The van der Waals surface area contributed by atoms with Gasteiger partial charge in [0.15, 0.2) is 0 Å². The molecule has 2 rings (SSSR count). The zero-order chi connectivity index (χ0) is 16.2. The van der Waals surface area contributed by atoms with Crippen LogP contribution in [0.4, 0.5) is 0 Å². The number of fused-ring (bicyclic) bond motifs is 1. The van der Waals surface area contributed by atoms with Crippen LogP contribution in [0.1, 0.15) is 32.3 Å². The highest BCUT2D eigenvalue weighted by atomic mass is 15.0. The average molecular weight is 298 g/mol. The van der Waals surface area contributed by atoms with E-state index < -0.39 is 0 Å². The first-order valence-electron chi connectivity index (χ1n) is 8.38. The third-order valence-corrected chi connectivity index (χ3v) is 5.25. The van der Waals surface area contributed by atoms with E-state index in [1.807, 2.05) is 0 Å². The smallest absolute Gasteiger partial charge is 0.0119 e. The molecule has 0 amide bonds. The quantitative estimate of drug-likeness (QED) is 0.836. The van der Waals surface area contributed by atoms with Crippen LogP contribution in [0.3, 0.4) is 0 Å². The van der Waals surface area contributed by atoms with Crippen molar-refractivity contribution in [3.63, 3.8) is 0 Å². The summed E-state index contributed by atoms with van der Waals surface area (Å²) >= 11 is 0. The molecule has 2 N–H and O–H groups in total. The van der Waals surface area contributed by atoms with Crippen LogP contribution in [0.25, 0.3) is 10.8 Å². The minimum atomic E-state index is 0.0416. The van der Waals surface area contributed by atoms with Crippen molar-refractivity contribution in [3.05, 3.63) is 48.0 Å². The van der Waals surface area contributed by atoms with Gasteiger partial charge in [-0.3, -0.25) is 0 Å². The monoisotopic (exact) mass is 298 g/mol. The highest BCUT2D eigenvalue weighted by Crippen LogP contribution is 2.40. The second-order valence-electron chi connectivity index (χ2n) is 6.75. The molecular formula is C20H30N2. The Morgan fingerprint density at radius 1 is 1.09 bits per heavy atom. The van der Waals surface area contributed by atoms with Gasteiger partial charge in [-0.2, -0.15) is 0 Å². The topological polar surface area (TPSA) is 29.3 Å². The van der Waals surface area contributed by atoms with Gasteiger partial charge < -0.3 is 10.6 Å². The van der Waals surface area contributed by atoms with Crippen LogP contribution in [-0.4, -0.2) is 32.1 Å². The van der Waals surface area contributed by atoms with Crippen molar-refractivity contribution in [1.29, 1.82) is 0 Å². The Hall–Kier alpha value is -1.38. The van der Waals surface area contributed by atoms with E-state index in [1.54, 1.807) is 0 Å². The maximum Gasteiger partial charge on any atom is 0.0119 e. The first kappa shape index (κ1) is 17.0. The molecule has 0 aliphatic heterocycles. The second kappa shape index (κ2) is 7.26. The number of rotatable bonds is 7. The van der Waals surface area contributed by atoms with E-state index in [-0.39, 0.29) is 5.41 Å². The summed E-state index contributed by atoms with van der Waals surface area (Å²) in [6.07, 6.45) is 2.24. The van der Waals surface area contributed by atoms with Crippen LogP contribution in [-0.2, 0) is 5.41 Å². The molecule has 0 aromatic heterocycles. The molecule has 2 aromatic rings. The highest BCUT2D eigenvalue weighted by Gasteiger charge is 2.36. The summed E-state index contributed by atoms with van der Waals surface area (Å²) in [5, 5.41) is 2.67. The molecule has 2 aromatic carbocycles. The van der Waals surface area contributed by atoms with Crippen LogP contribution in [0.2, 0.25) is 0 Å². The molecule has 0 fully saturated rings. The largest absolute Gasteiger partial charge is 0.330 e. The van der Waals surface area contributed by atoms with Crippen LogP contribution in [0.5, 0.6) is 0 Å². The Morgan fingerprint density at radius 3 is 2.41 bits per heavy atom. The van der Waals surface area contributed by atoms with Crippen molar-refractivity contribution in [2.45, 2.75) is 32.1 Å². The number of nitrogens with zero attached hydrogens (tertiary/aromatic N) is 1. The molecule has 0 radical (unpaired) electrons. The molecule has 0 saturated carbocycles. The van der Waals surface area contributed by atoms with Crippen LogP contribution >= 0.6 is 0 Å². The lowest BCUT2D eigenvalue weighted by Crippen LogP contribution is -2.43. The van der Waals surface area contributed by atoms with Crippen molar-refractivity contribution < 1.29 is 0 Å². The summed E-state index contributed by atoms with van der Waals surface area (Å²) in [5.74, 6) is 0.559. The summed E-state index contributed by atoms with van der Waals surface area (Å²) in [4.78, 5) is 2.26. The molecule has 0 aliphatic carbocycles. The van der Waals surface area contributed by atoms with E-state index in [2.05, 4.69) is 75.3 Å². The Bertz CT molecular complexity index is 600. The molecule has 22 heavy (non-hydrogen) atoms. The van der Waals surface area contributed by atoms with E-state index >= 15 is 0 Å². The molecule has 0 bridgehead atoms. The first-order valence-corrected chi connectivity index (χ1v) is 8.38. The van der Waals surface area contributed by atoms with Crippen LogP contribution < -0.4 is 5.73 Å². The molecule has 2 nitrogen and oxygen atoms in total. The molecular weight excluding hydrogens is 268 g/mol. The lowest BCUT2D eigenvalue weighted by Gasteiger charge is -2.40. The number of nitrogens with two attached hydrogens (primary N) is 1. The average Bonchev–Trinajstić information content (AvgIpc) is 2.55. The molecule has 0 unspecified atom stereocenters. The van der Waals surface area contributed by atoms with Gasteiger partial charge in [0.2, 0.25) is 0 Å². The van der Waals surface area contributed by atoms with Crippen molar-refractivity contribution in [3.8, 4) is 0 Å². The molecule has 120 valence electrons. The van der Waals surface area contributed by atoms with Gasteiger partial charge in [-0.25, -0.2) is 0 Å². The molecule has 0 aliphatic rings. The number of hydrogen-bond acceptors (Lipinski definition) is 2. The summed E-state index contributed by atoms with van der Waals surface area (Å²) in [6.45, 7) is 6.38. The molecule has 2 atom stereocenters. The van der Waals surface area contributed by atoms with Crippen molar-refractivity contribution >= 4 is 10.8 Å². The van der Waals surface area contributed by atoms with Crippen molar-refractivity contribution in [1.82, 2.24) is 4.90 Å². The molecule has 0 heterocycles. The summed E-state index contributed by atoms with van der Waals surface area (Å²) in [6, 6.07) is 15.4. The molecule has 2 heteroatoms. The third-order valence-electron chi connectivity index (χ3n) is 5.25. The molecule has 0 spiro atoms. The van der Waals surface area contributed by atoms with Gasteiger partial charge in [-0.15, -0.1) is 0 Å². The highest BCUT2D eigenvalue weighted by molar-refractivity contribution is 5.86. The maximum absolute atomic E-state index is 6.38. The third kappa shape index (κ3) is 3.18. The normalized spacial score (nSPS) is 15.9. The van der Waals surface area contributed by atoms with Crippen LogP contribution in [0, 0.1) is 5.92 Å². The number of hydrogen-bond donors (Lipinski definition) is 1. The first-order chi connectivity index (χ1) is 10.5. The van der Waals surface area contributed by atoms with Gasteiger partial charge >= 0.3 is 0 Å². The van der Waals surface area contributed by atoms with Gasteiger partial charge in [-0.1, -0.05) is 62.7 Å². The predicted octanol–water partition coefficient (Wildman–Crippen LogP) is 4.03. The van der Waals surface area contributed by atoms with E-state index in [9.17, 15) is 0 Å². The number of benzene rings is 2. The summed E-state index contributed by atoms with van der Waals surface area (Å²) in [7, 11) is 4.28. The summed E-state index contributed by atoms with van der Waals surface area (Å²) < 4.78 is 0. The summed E-state index contributed by atoms with van der Waals surface area (Å²) in [5.41, 5.74) is 7.84. The van der Waals surface area contributed by atoms with E-state index in [0.717, 1.165) is 19.4 Å². The fourth-order valence-electron chi connectivity index (χ4n) is 3.53. The minimum absolute atomic E-state index is 0.0416. The van der Waals surface area contributed by atoms with Crippen molar-refractivity contribution in [2.24, 2.45) is 11.7 Å². The zero-order valence-electron chi connectivity index (χ0n) is 14.5. The second-order valence-corrected chi connectivity index (χ2v) is 6.75. The lowest BCUT2D eigenvalue weighted by molar-refractivity contribution is 0.236. The van der Waals surface area contributed by atoms with Crippen LogP contribution in [0.15, 0.2) is 42.5 Å². The molecule has 0 saturated heterocycles. The van der Waals surface area contributed by atoms with Gasteiger partial charge in [0.05, 0.1) is 0 Å². The fourth-order valence-corrected chi connectivity index (χ4v) is 3.53. The Morgan fingerprint density at radius 2 is 1.77 bits per heavy atom. The van der Waals surface area contributed by atoms with Crippen molar-refractivity contribution in [2.75, 3.05) is 27.2 Å². The SMILES string of the molecule is CC[C@@H](C)[C@](CN)(CCN(C)C)c1cccc2ccccc12. The standard InChI is InChI=1S/C20H30N2/c1-5-16(2)20(15-21,13-14-22(3)4)19-12-8-10-17-9-6-7-11-18(17)19/h6-12,16H,5,13-15,21H2,1-4H3/t16-,20-/m1/s1. The van der Waals surface area contributed by atoms with E-state index in [1.165, 1.54) is 16.3 Å². The van der Waals surface area contributed by atoms with Gasteiger partial charge in [0.25, 0.3) is 0 Å². The van der Waals surface area contributed by atoms with Gasteiger partial charge in [0, 0.05) is 12.0 Å². The predicted molar refractivity (Wildman–Crippen MR) is 97.3 cm³/mol. The Labute approximate surface area is 135 Å². The Kier molecular flexibility index (Phi) is 5.60.